The van der Waals surface area contributed by atoms with Crippen molar-refractivity contribution in [1.29, 1.82) is 0 Å². The number of aliphatic hydroxyl groups excluding tert-OH is 1. The number of carbonyl (C=O) groups is 1. The molecule has 0 bridgehead atoms. The van der Waals surface area contributed by atoms with Crippen LogP contribution in [0.1, 0.15) is 18.1 Å². The molecule has 5 nitrogen and oxygen atoms in total. The van der Waals surface area contributed by atoms with Crippen molar-refractivity contribution in [2.45, 2.75) is 13.0 Å². The molecular weight excluding hydrogens is 380 g/mol. The molecule has 3 aromatic rings. The SMILES string of the molecule is CC(=O)Oc1ccccc1C1=C2C=CC(O)C=C2Oc2c1ccc1cc(O)ccc21. The van der Waals surface area contributed by atoms with E-state index in [0.717, 1.165) is 33.0 Å². The van der Waals surface area contributed by atoms with Gasteiger partial charge in [0.2, 0.25) is 0 Å². The van der Waals surface area contributed by atoms with Crippen molar-refractivity contribution in [2.75, 3.05) is 0 Å². The number of carbonyl (C=O) groups excluding carboxylic acids is 1. The van der Waals surface area contributed by atoms with E-state index >= 15 is 0 Å². The van der Waals surface area contributed by atoms with Crippen LogP contribution in [0.2, 0.25) is 0 Å². The number of fused-ring (bicyclic) bond motifs is 4. The minimum absolute atomic E-state index is 0.171. The number of aromatic hydroxyl groups is 1. The van der Waals surface area contributed by atoms with E-state index in [1.54, 1.807) is 36.4 Å². The Morgan fingerprint density at radius 1 is 1.07 bits per heavy atom. The Morgan fingerprint density at radius 2 is 1.90 bits per heavy atom. The third-order valence-electron chi connectivity index (χ3n) is 5.16. The van der Waals surface area contributed by atoms with Gasteiger partial charge in [-0.25, -0.2) is 0 Å². The summed E-state index contributed by atoms with van der Waals surface area (Å²) in [6, 6.07) is 16.3. The summed E-state index contributed by atoms with van der Waals surface area (Å²) in [4.78, 5) is 11.7. The van der Waals surface area contributed by atoms with Crippen LogP contribution in [-0.4, -0.2) is 22.3 Å². The zero-order valence-corrected chi connectivity index (χ0v) is 16.1. The monoisotopic (exact) mass is 398 g/mol. The number of ether oxygens (including phenoxy) is 2. The highest BCUT2D eigenvalue weighted by molar-refractivity contribution is 6.01. The van der Waals surface area contributed by atoms with Crippen molar-refractivity contribution in [3.05, 3.63) is 95.3 Å². The number of esters is 1. The summed E-state index contributed by atoms with van der Waals surface area (Å²) in [6.07, 6.45) is 4.39. The molecule has 1 heterocycles. The van der Waals surface area contributed by atoms with Crippen molar-refractivity contribution in [3.8, 4) is 17.2 Å². The van der Waals surface area contributed by atoms with Crippen LogP contribution in [0.4, 0.5) is 0 Å². The minimum Gasteiger partial charge on any atom is -0.508 e. The highest BCUT2D eigenvalue weighted by Crippen LogP contribution is 2.48. The lowest BCUT2D eigenvalue weighted by Crippen LogP contribution is -2.16. The molecule has 0 radical (unpaired) electrons. The molecule has 30 heavy (non-hydrogen) atoms. The number of rotatable bonds is 2. The molecule has 0 aromatic heterocycles. The Kier molecular flexibility index (Phi) is 4.19. The van der Waals surface area contributed by atoms with Gasteiger partial charge in [-0.3, -0.25) is 4.79 Å². The molecule has 1 unspecified atom stereocenters. The predicted octanol–water partition coefficient (Wildman–Crippen LogP) is 4.48. The normalized spacial score (nSPS) is 17.1. The summed E-state index contributed by atoms with van der Waals surface area (Å²) in [5.41, 5.74) is 3.22. The molecule has 0 saturated heterocycles. The van der Waals surface area contributed by atoms with E-state index in [2.05, 4.69) is 0 Å². The molecule has 0 fully saturated rings. The van der Waals surface area contributed by atoms with Gasteiger partial charge in [-0.15, -0.1) is 0 Å². The highest BCUT2D eigenvalue weighted by atomic mass is 16.5. The van der Waals surface area contributed by atoms with E-state index in [4.69, 9.17) is 9.47 Å². The average molecular weight is 398 g/mol. The summed E-state index contributed by atoms with van der Waals surface area (Å²) in [6.45, 7) is 1.37. The van der Waals surface area contributed by atoms with Crippen LogP contribution in [-0.2, 0) is 4.79 Å². The van der Waals surface area contributed by atoms with Crippen LogP contribution in [0.25, 0.3) is 16.3 Å². The standard InChI is InChI=1S/C25H18O5/c1-14(26)29-22-5-3-2-4-19(22)24-20-11-8-17(28)13-23(20)30-25-18-10-7-16(27)12-15(18)6-9-21(24)25/h2-13,17,27-28H,1H3. The van der Waals surface area contributed by atoms with Gasteiger partial charge in [0.25, 0.3) is 0 Å². The Morgan fingerprint density at radius 3 is 2.73 bits per heavy atom. The first-order valence-electron chi connectivity index (χ1n) is 9.56. The quantitative estimate of drug-likeness (QED) is 0.492. The van der Waals surface area contributed by atoms with Gasteiger partial charge in [0.15, 0.2) is 0 Å². The third kappa shape index (κ3) is 2.96. The lowest BCUT2D eigenvalue weighted by molar-refractivity contribution is -0.131. The van der Waals surface area contributed by atoms with Crippen molar-refractivity contribution in [1.82, 2.24) is 0 Å². The molecule has 2 N–H and O–H groups in total. The van der Waals surface area contributed by atoms with Crippen LogP contribution in [0.15, 0.2) is 84.2 Å². The minimum atomic E-state index is -0.755. The molecule has 5 heteroatoms. The predicted molar refractivity (Wildman–Crippen MR) is 113 cm³/mol. The summed E-state index contributed by atoms with van der Waals surface area (Å²) >= 11 is 0. The summed E-state index contributed by atoms with van der Waals surface area (Å²) < 4.78 is 11.7. The van der Waals surface area contributed by atoms with Crippen molar-refractivity contribution >= 4 is 22.3 Å². The molecule has 5 rings (SSSR count). The zero-order chi connectivity index (χ0) is 20.8. The second-order valence-electron chi connectivity index (χ2n) is 7.21. The first-order valence-corrected chi connectivity index (χ1v) is 9.56. The van der Waals surface area contributed by atoms with E-state index in [0.29, 0.717) is 17.3 Å². The number of allylic oxidation sites excluding steroid dienone is 1. The van der Waals surface area contributed by atoms with E-state index < -0.39 is 12.1 Å². The Hall–Kier alpha value is -3.83. The maximum absolute atomic E-state index is 11.7. The molecule has 1 aliphatic heterocycles. The topological polar surface area (TPSA) is 76.0 Å². The molecule has 2 aliphatic rings. The number of aliphatic hydroxyl groups is 1. The number of phenolic OH excluding ortho intramolecular Hbond substituents is 1. The molecule has 3 aromatic carbocycles. The fourth-order valence-electron chi connectivity index (χ4n) is 3.93. The first kappa shape index (κ1) is 18.2. The van der Waals surface area contributed by atoms with Crippen LogP contribution >= 0.6 is 0 Å². The van der Waals surface area contributed by atoms with Crippen molar-refractivity contribution in [3.63, 3.8) is 0 Å². The van der Waals surface area contributed by atoms with Crippen LogP contribution in [0, 0.1) is 0 Å². The van der Waals surface area contributed by atoms with E-state index in [-0.39, 0.29) is 5.75 Å². The van der Waals surface area contributed by atoms with Gasteiger partial charge < -0.3 is 19.7 Å². The van der Waals surface area contributed by atoms with Gasteiger partial charge in [-0.2, -0.15) is 0 Å². The lowest BCUT2D eigenvalue weighted by atomic mass is 9.86. The Balaban J connectivity index is 1.83. The second-order valence-corrected chi connectivity index (χ2v) is 7.21. The van der Waals surface area contributed by atoms with Crippen molar-refractivity contribution in [2.24, 2.45) is 0 Å². The maximum Gasteiger partial charge on any atom is 0.308 e. The van der Waals surface area contributed by atoms with Gasteiger partial charge in [-0.05, 0) is 41.8 Å². The molecule has 0 spiro atoms. The van der Waals surface area contributed by atoms with Crippen LogP contribution < -0.4 is 9.47 Å². The number of phenols is 1. The maximum atomic E-state index is 11.7. The first-order chi connectivity index (χ1) is 14.5. The van der Waals surface area contributed by atoms with Gasteiger partial charge in [0.05, 0.1) is 6.10 Å². The van der Waals surface area contributed by atoms with Gasteiger partial charge in [-0.1, -0.05) is 36.4 Å². The largest absolute Gasteiger partial charge is 0.508 e. The smallest absolute Gasteiger partial charge is 0.308 e. The van der Waals surface area contributed by atoms with E-state index in [1.807, 2.05) is 36.4 Å². The van der Waals surface area contributed by atoms with Crippen LogP contribution in [0.5, 0.6) is 17.2 Å². The molecule has 1 aliphatic carbocycles. The van der Waals surface area contributed by atoms with Gasteiger partial charge in [0, 0.05) is 34.6 Å². The molecule has 0 saturated carbocycles. The van der Waals surface area contributed by atoms with E-state index in [9.17, 15) is 15.0 Å². The Labute approximate surface area is 172 Å². The average Bonchev–Trinajstić information content (AvgIpc) is 2.72. The number of hydrogen-bond acceptors (Lipinski definition) is 5. The Bertz CT molecular complexity index is 1300. The van der Waals surface area contributed by atoms with Gasteiger partial charge >= 0.3 is 5.97 Å². The third-order valence-corrected chi connectivity index (χ3v) is 5.16. The fourth-order valence-corrected chi connectivity index (χ4v) is 3.93. The second kappa shape index (κ2) is 6.90. The number of benzene rings is 3. The fraction of sp³-hybridized carbons (Fsp3) is 0.0800. The van der Waals surface area contributed by atoms with Gasteiger partial charge in [0.1, 0.15) is 23.0 Å². The molecule has 0 amide bonds. The molecule has 148 valence electrons. The summed E-state index contributed by atoms with van der Waals surface area (Å²) in [5, 5.41) is 21.6. The van der Waals surface area contributed by atoms with Crippen molar-refractivity contribution < 1.29 is 24.5 Å². The lowest BCUT2D eigenvalue weighted by Gasteiger charge is -2.29. The highest BCUT2D eigenvalue weighted by Gasteiger charge is 2.29. The number of hydrogen-bond donors (Lipinski definition) is 2. The number of para-hydroxylation sites is 1. The molecule has 1 atom stereocenters. The molecular formula is C25H18O5. The zero-order valence-electron chi connectivity index (χ0n) is 16.1. The summed E-state index contributed by atoms with van der Waals surface area (Å²) in [5.74, 6) is 1.37. The van der Waals surface area contributed by atoms with E-state index in [1.165, 1.54) is 6.92 Å². The van der Waals surface area contributed by atoms with Crippen LogP contribution in [0.3, 0.4) is 0 Å². The summed E-state index contributed by atoms with van der Waals surface area (Å²) in [7, 11) is 0.